The van der Waals surface area contributed by atoms with E-state index in [-0.39, 0.29) is 0 Å². The maximum atomic E-state index is 12.5. The topological polar surface area (TPSA) is 73.1 Å². The van der Waals surface area contributed by atoms with E-state index >= 15 is 0 Å². The smallest absolute Gasteiger partial charge is 0.227 e. The molecule has 1 heterocycles. The summed E-state index contributed by atoms with van der Waals surface area (Å²) in [4.78, 5) is 2.54. The zero-order valence-electron chi connectivity index (χ0n) is 5.36. The molecule has 60 valence electrons. The van der Waals surface area contributed by atoms with Gasteiger partial charge < -0.3 is 0 Å². The summed E-state index contributed by atoms with van der Waals surface area (Å²) in [6.45, 7) is 0. The Bertz CT molecular complexity index is 363. The molecule has 0 aliphatic carbocycles. The van der Waals surface area contributed by atoms with Gasteiger partial charge in [-0.3, -0.25) is 0 Å². The fourth-order valence-corrected chi connectivity index (χ4v) is 1.14. The van der Waals surface area contributed by atoms with E-state index in [4.69, 9.17) is 0 Å². The lowest BCUT2D eigenvalue weighted by molar-refractivity contribution is 0.539. The highest BCUT2D eigenvalue weighted by Gasteiger charge is 2.13. The molecular formula is C5H5FN2O2S. The largest absolute Gasteiger partial charge is 0.242 e. The maximum absolute atomic E-state index is 12.5. The van der Waals surface area contributed by atoms with Crippen LogP contribution in [0, 0.1) is 5.95 Å². The van der Waals surface area contributed by atoms with Crippen LogP contribution in [-0.2, 0) is 10.0 Å². The number of sulfonamides is 1. The van der Waals surface area contributed by atoms with Gasteiger partial charge in [-0.25, -0.2) is 18.5 Å². The molecule has 0 radical (unpaired) electrons. The molecule has 11 heavy (non-hydrogen) atoms. The molecule has 0 amide bonds. The number of nitrogens with two attached hydrogens (primary N) is 1. The van der Waals surface area contributed by atoms with Crippen LogP contribution in [0.3, 0.4) is 0 Å². The van der Waals surface area contributed by atoms with E-state index in [2.05, 4.69) is 10.1 Å². The van der Waals surface area contributed by atoms with Crippen LogP contribution in [0.25, 0.3) is 0 Å². The molecule has 0 aliphatic heterocycles. The first-order valence-corrected chi connectivity index (χ1v) is 4.20. The van der Waals surface area contributed by atoms with E-state index in [0.29, 0.717) is 0 Å². The Labute approximate surface area is 62.9 Å². The molecule has 0 saturated heterocycles. The number of pyridine rings is 1. The van der Waals surface area contributed by atoms with Crippen molar-refractivity contribution in [3.05, 3.63) is 24.3 Å². The molecule has 0 atom stereocenters. The third kappa shape index (κ3) is 1.72. The quantitative estimate of drug-likeness (QED) is 0.605. The molecule has 6 heteroatoms. The van der Waals surface area contributed by atoms with Crippen molar-refractivity contribution in [2.45, 2.75) is 4.90 Å². The lowest BCUT2D eigenvalue weighted by Gasteiger charge is -1.96. The summed E-state index contributed by atoms with van der Waals surface area (Å²) in [7, 11) is -3.97. The van der Waals surface area contributed by atoms with E-state index in [1.165, 1.54) is 6.07 Å². The van der Waals surface area contributed by atoms with Gasteiger partial charge in [-0.05, 0) is 12.1 Å². The Morgan fingerprint density at radius 1 is 1.55 bits per heavy atom. The molecule has 0 fully saturated rings. The highest BCUT2D eigenvalue weighted by molar-refractivity contribution is 7.89. The van der Waals surface area contributed by atoms with Crippen LogP contribution < -0.4 is 5.14 Å². The van der Waals surface area contributed by atoms with Crippen LogP contribution in [0.1, 0.15) is 0 Å². The van der Waals surface area contributed by atoms with Crippen LogP contribution in [-0.4, -0.2) is 13.4 Å². The predicted octanol–water partition coefficient (Wildman–Crippen LogP) is -0.132. The summed E-state index contributed by atoms with van der Waals surface area (Å²) in [6, 6.07) is 2.35. The molecule has 0 bridgehead atoms. The molecule has 1 rings (SSSR count). The van der Waals surface area contributed by atoms with Gasteiger partial charge in [0.25, 0.3) is 0 Å². The zero-order chi connectivity index (χ0) is 8.48. The van der Waals surface area contributed by atoms with Crippen molar-refractivity contribution < 1.29 is 12.8 Å². The average Bonchev–Trinajstić information content (AvgIpc) is 1.86. The van der Waals surface area contributed by atoms with Gasteiger partial charge in [-0.2, -0.15) is 4.39 Å². The van der Waals surface area contributed by atoms with Gasteiger partial charge in [0.15, 0.2) is 0 Å². The molecule has 0 unspecified atom stereocenters. The summed E-state index contributed by atoms with van der Waals surface area (Å²) in [5, 5.41) is 4.65. The lowest BCUT2D eigenvalue weighted by Crippen LogP contribution is -2.14. The standard InChI is InChI=1S/C5H5FN2O2S/c6-5-4(11(7,9)10)2-1-3-8-5/h1-3H,(H2,7,9,10). The highest BCUT2D eigenvalue weighted by atomic mass is 32.2. The van der Waals surface area contributed by atoms with Gasteiger partial charge in [0.05, 0.1) is 0 Å². The van der Waals surface area contributed by atoms with Gasteiger partial charge in [-0.15, -0.1) is 0 Å². The number of primary sulfonamides is 1. The third-order valence-corrected chi connectivity index (χ3v) is 1.95. The highest BCUT2D eigenvalue weighted by Crippen LogP contribution is 2.07. The zero-order valence-corrected chi connectivity index (χ0v) is 6.18. The van der Waals surface area contributed by atoms with Crippen molar-refractivity contribution in [3.8, 4) is 0 Å². The van der Waals surface area contributed by atoms with E-state index < -0.39 is 20.9 Å². The van der Waals surface area contributed by atoms with Crippen molar-refractivity contribution in [3.63, 3.8) is 0 Å². The van der Waals surface area contributed by atoms with Gasteiger partial charge in [-0.1, -0.05) is 0 Å². The molecule has 1 aromatic rings. The molecular weight excluding hydrogens is 171 g/mol. The Hall–Kier alpha value is -1.01. The van der Waals surface area contributed by atoms with Crippen molar-refractivity contribution in [1.29, 1.82) is 0 Å². The predicted molar refractivity (Wildman–Crippen MR) is 35.6 cm³/mol. The van der Waals surface area contributed by atoms with E-state index in [1.54, 1.807) is 0 Å². The molecule has 0 aromatic carbocycles. The van der Waals surface area contributed by atoms with Crippen molar-refractivity contribution >= 4 is 10.0 Å². The van der Waals surface area contributed by atoms with E-state index in [0.717, 1.165) is 12.3 Å². The van der Waals surface area contributed by atoms with E-state index in [1.807, 2.05) is 0 Å². The second-order valence-corrected chi connectivity index (χ2v) is 3.37. The lowest BCUT2D eigenvalue weighted by atomic mass is 10.5. The summed E-state index contributed by atoms with van der Waals surface area (Å²) in [5.41, 5.74) is 0. The van der Waals surface area contributed by atoms with Crippen LogP contribution in [0.2, 0.25) is 0 Å². The summed E-state index contributed by atoms with van der Waals surface area (Å²) >= 11 is 0. The van der Waals surface area contributed by atoms with Crippen LogP contribution in [0.5, 0.6) is 0 Å². The molecule has 2 N–H and O–H groups in total. The third-order valence-electron chi connectivity index (χ3n) is 1.03. The minimum atomic E-state index is -3.97. The molecule has 0 aliphatic rings. The van der Waals surface area contributed by atoms with Gasteiger partial charge in [0.1, 0.15) is 4.90 Å². The van der Waals surface area contributed by atoms with Gasteiger partial charge >= 0.3 is 0 Å². The summed E-state index contributed by atoms with van der Waals surface area (Å²) in [6.07, 6.45) is 1.14. The maximum Gasteiger partial charge on any atom is 0.242 e. The van der Waals surface area contributed by atoms with E-state index in [9.17, 15) is 12.8 Å². The molecule has 0 saturated carbocycles. The number of halogens is 1. The normalized spacial score (nSPS) is 11.5. The second-order valence-electron chi connectivity index (χ2n) is 1.84. The number of hydrogen-bond donors (Lipinski definition) is 1. The number of aromatic nitrogens is 1. The molecule has 0 spiro atoms. The Morgan fingerprint density at radius 3 is 2.55 bits per heavy atom. The first kappa shape index (κ1) is 8.09. The van der Waals surface area contributed by atoms with Gasteiger partial charge in [0.2, 0.25) is 16.0 Å². The molecule has 1 aromatic heterocycles. The monoisotopic (exact) mass is 176 g/mol. The second kappa shape index (κ2) is 2.55. The summed E-state index contributed by atoms with van der Waals surface area (Å²) in [5.74, 6) is -1.07. The van der Waals surface area contributed by atoms with Crippen LogP contribution in [0.15, 0.2) is 23.2 Å². The minimum absolute atomic E-state index is 0.583. The summed E-state index contributed by atoms with van der Waals surface area (Å²) < 4.78 is 33.6. The number of hydrogen-bond acceptors (Lipinski definition) is 3. The Kier molecular flexibility index (Phi) is 1.88. The Balaban J connectivity index is 3.37. The first-order valence-electron chi connectivity index (χ1n) is 2.65. The number of nitrogens with zero attached hydrogens (tertiary/aromatic N) is 1. The fourth-order valence-electron chi connectivity index (χ4n) is 0.584. The van der Waals surface area contributed by atoms with Crippen molar-refractivity contribution in [2.75, 3.05) is 0 Å². The van der Waals surface area contributed by atoms with Crippen LogP contribution >= 0.6 is 0 Å². The van der Waals surface area contributed by atoms with Gasteiger partial charge in [0, 0.05) is 6.20 Å². The van der Waals surface area contributed by atoms with Crippen molar-refractivity contribution in [2.24, 2.45) is 5.14 Å². The Morgan fingerprint density at radius 2 is 2.18 bits per heavy atom. The van der Waals surface area contributed by atoms with Crippen LogP contribution in [0.4, 0.5) is 4.39 Å². The SMILES string of the molecule is NS(=O)(=O)c1cccnc1F. The number of rotatable bonds is 1. The fraction of sp³-hybridized carbons (Fsp3) is 0. The first-order chi connectivity index (χ1) is 5.02. The minimum Gasteiger partial charge on any atom is -0.227 e. The molecule has 4 nitrogen and oxygen atoms in total. The van der Waals surface area contributed by atoms with Crippen molar-refractivity contribution in [1.82, 2.24) is 4.98 Å². The average molecular weight is 176 g/mol.